The Morgan fingerprint density at radius 1 is 0.966 bits per heavy atom. The number of likely N-dealkylation sites (tertiary alicyclic amines) is 1. The van der Waals surface area contributed by atoms with Crippen molar-refractivity contribution < 1.29 is 19.4 Å². The van der Waals surface area contributed by atoms with Gasteiger partial charge >= 0.3 is 5.97 Å². The lowest BCUT2D eigenvalue weighted by molar-refractivity contribution is 0.0693. The van der Waals surface area contributed by atoms with E-state index in [9.17, 15) is 9.59 Å². The largest absolute Gasteiger partial charge is 0.478 e. The highest BCUT2D eigenvalue weighted by molar-refractivity contribution is 5.95. The van der Waals surface area contributed by atoms with E-state index in [0.717, 1.165) is 49.3 Å². The first-order chi connectivity index (χ1) is 14.1. The Morgan fingerprint density at radius 2 is 1.72 bits per heavy atom. The second-order valence-electron chi connectivity index (χ2n) is 7.67. The van der Waals surface area contributed by atoms with Crippen LogP contribution in [0.3, 0.4) is 0 Å². The number of carbonyl (C=O) groups excluding carboxylic acids is 1. The Morgan fingerprint density at radius 3 is 2.45 bits per heavy atom. The van der Waals surface area contributed by atoms with Crippen LogP contribution in [0, 0.1) is 0 Å². The Balaban J connectivity index is 1.46. The molecular weight excluding hydrogens is 368 g/mol. The van der Waals surface area contributed by atoms with Crippen LogP contribution < -0.4 is 4.90 Å². The molecule has 2 aliphatic heterocycles. The van der Waals surface area contributed by atoms with Gasteiger partial charge in [0.25, 0.3) is 5.91 Å². The molecule has 0 saturated carbocycles. The van der Waals surface area contributed by atoms with Gasteiger partial charge in [-0.3, -0.25) is 4.79 Å². The molecule has 4 rings (SSSR count). The van der Waals surface area contributed by atoms with Crippen molar-refractivity contribution in [2.45, 2.75) is 18.8 Å². The van der Waals surface area contributed by atoms with E-state index in [1.807, 2.05) is 41.3 Å². The summed E-state index contributed by atoms with van der Waals surface area (Å²) in [5.41, 5.74) is 3.17. The van der Waals surface area contributed by atoms with Crippen LogP contribution in [-0.2, 0) is 4.74 Å². The topological polar surface area (TPSA) is 70.1 Å². The second-order valence-corrected chi connectivity index (χ2v) is 7.67. The van der Waals surface area contributed by atoms with E-state index in [0.29, 0.717) is 19.8 Å². The molecule has 2 aromatic rings. The molecule has 2 heterocycles. The van der Waals surface area contributed by atoms with Gasteiger partial charge in [0.1, 0.15) is 0 Å². The first-order valence-corrected chi connectivity index (χ1v) is 10.2. The van der Waals surface area contributed by atoms with E-state index in [1.165, 1.54) is 0 Å². The minimum Gasteiger partial charge on any atom is -0.478 e. The molecule has 6 heteroatoms. The molecule has 2 saturated heterocycles. The smallest absolute Gasteiger partial charge is 0.335 e. The van der Waals surface area contributed by atoms with Crippen molar-refractivity contribution in [2.24, 2.45) is 0 Å². The fourth-order valence-corrected chi connectivity index (χ4v) is 4.17. The van der Waals surface area contributed by atoms with Crippen molar-refractivity contribution in [1.82, 2.24) is 4.90 Å². The summed E-state index contributed by atoms with van der Waals surface area (Å²) in [6.45, 7) is 4.53. The van der Waals surface area contributed by atoms with Gasteiger partial charge in [-0.25, -0.2) is 4.79 Å². The summed E-state index contributed by atoms with van der Waals surface area (Å²) in [6.07, 6.45) is 1.95. The summed E-state index contributed by atoms with van der Waals surface area (Å²) in [7, 11) is 0. The van der Waals surface area contributed by atoms with E-state index in [2.05, 4.69) is 4.90 Å². The highest BCUT2D eigenvalue weighted by Crippen LogP contribution is 2.28. The van der Waals surface area contributed by atoms with Gasteiger partial charge in [-0.05, 0) is 48.7 Å². The Kier molecular flexibility index (Phi) is 5.81. The van der Waals surface area contributed by atoms with Gasteiger partial charge in [0.15, 0.2) is 0 Å². The fraction of sp³-hybridized carbons (Fsp3) is 0.391. The first kappa shape index (κ1) is 19.5. The molecule has 1 unspecified atom stereocenters. The summed E-state index contributed by atoms with van der Waals surface area (Å²) in [6, 6.07) is 14.9. The van der Waals surface area contributed by atoms with Crippen molar-refractivity contribution in [3.8, 4) is 0 Å². The molecule has 6 nitrogen and oxygen atoms in total. The molecule has 0 radical (unpaired) electrons. The van der Waals surface area contributed by atoms with Crippen molar-refractivity contribution in [1.29, 1.82) is 0 Å². The van der Waals surface area contributed by atoms with Crippen LogP contribution in [0.25, 0.3) is 0 Å². The molecule has 0 spiro atoms. The van der Waals surface area contributed by atoms with Crippen LogP contribution in [-0.4, -0.2) is 61.3 Å². The lowest BCUT2D eigenvalue weighted by Crippen LogP contribution is -2.39. The van der Waals surface area contributed by atoms with Crippen molar-refractivity contribution in [3.63, 3.8) is 0 Å². The molecule has 0 bridgehead atoms. The molecule has 2 aromatic carbocycles. The number of ether oxygens (including phenoxy) is 1. The van der Waals surface area contributed by atoms with Crippen LogP contribution >= 0.6 is 0 Å². The summed E-state index contributed by atoms with van der Waals surface area (Å²) in [5, 5.41) is 9.08. The van der Waals surface area contributed by atoms with Crippen LogP contribution in [0.15, 0.2) is 48.5 Å². The third-order valence-corrected chi connectivity index (χ3v) is 5.81. The van der Waals surface area contributed by atoms with Gasteiger partial charge in [0.05, 0.1) is 18.8 Å². The number of morpholine rings is 1. The summed E-state index contributed by atoms with van der Waals surface area (Å²) in [5.74, 6) is -0.623. The molecule has 152 valence electrons. The molecular formula is C23H26N2O4. The van der Waals surface area contributed by atoms with Crippen LogP contribution in [0.5, 0.6) is 0 Å². The summed E-state index contributed by atoms with van der Waals surface area (Å²) in [4.78, 5) is 28.4. The van der Waals surface area contributed by atoms with Gasteiger partial charge in [0, 0.05) is 43.3 Å². The molecule has 0 aliphatic carbocycles. The number of hydrogen-bond donors (Lipinski definition) is 1. The maximum absolute atomic E-state index is 13.2. The zero-order valence-corrected chi connectivity index (χ0v) is 16.4. The second kappa shape index (κ2) is 8.66. The molecule has 2 fully saturated rings. The van der Waals surface area contributed by atoms with Gasteiger partial charge in [-0.2, -0.15) is 0 Å². The van der Waals surface area contributed by atoms with E-state index in [-0.39, 0.29) is 17.4 Å². The summed E-state index contributed by atoms with van der Waals surface area (Å²) >= 11 is 0. The summed E-state index contributed by atoms with van der Waals surface area (Å²) < 4.78 is 5.42. The maximum Gasteiger partial charge on any atom is 0.335 e. The number of amides is 1. The van der Waals surface area contributed by atoms with E-state index in [4.69, 9.17) is 9.84 Å². The lowest BCUT2D eigenvalue weighted by Gasteiger charge is -2.33. The van der Waals surface area contributed by atoms with Gasteiger partial charge in [0.2, 0.25) is 0 Å². The Hall–Kier alpha value is -2.86. The minimum absolute atomic E-state index is 0.0620. The van der Waals surface area contributed by atoms with Gasteiger partial charge in [-0.1, -0.05) is 18.2 Å². The van der Waals surface area contributed by atoms with E-state index in [1.54, 1.807) is 12.1 Å². The molecule has 0 aromatic heterocycles. The maximum atomic E-state index is 13.2. The standard InChI is InChI=1S/C23H26N2O4/c26-22(19-3-1-5-21(15-19)24-11-13-29-14-12-24)25-10-2-4-20(16-25)17-6-8-18(9-7-17)23(27)28/h1,3,5-9,15,20H,2,4,10-14,16H2,(H,27,28). The molecule has 1 amide bonds. The fourth-order valence-electron chi connectivity index (χ4n) is 4.17. The number of benzene rings is 2. The first-order valence-electron chi connectivity index (χ1n) is 10.2. The number of carboxylic acids is 1. The zero-order valence-electron chi connectivity index (χ0n) is 16.4. The normalized spacial score (nSPS) is 19.8. The SMILES string of the molecule is O=C(O)c1ccc(C2CCCN(C(=O)c3cccc(N4CCOCC4)c3)C2)cc1. The number of carbonyl (C=O) groups is 2. The number of piperidine rings is 1. The number of nitrogens with zero attached hydrogens (tertiary/aromatic N) is 2. The lowest BCUT2D eigenvalue weighted by atomic mass is 9.90. The van der Waals surface area contributed by atoms with Crippen LogP contribution in [0.4, 0.5) is 5.69 Å². The average Bonchev–Trinajstić information content (AvgIpc) is 2.79. The Bertz CT molecular complexity index is 875. The minimum atomic E-state index is -0.919. The van der Waals surface area contributed by atoms with Crippen molar-refractivity contribution in [2.75, 3.05) is 44.3 Å². The number of hydrogen-bond acceptors (Lipinski definition) is 4. The quantitative estimate of drug-likeness (QED) is 0.862. The van der Waals surface area contributed by atoms with Gasteiger partial charge in [-0.15, -0.1) is 0 Å². The average molecular weight is 394 g/mol. The van der Waals surface area contributed by atoms with Gasteiger partial charge < -0.3 is 19.6 Å². The van der Waals surface area contributed by atoms with Crippen LogP contribution in [0.2, 0.25) is 0 Å². The molecule has 2 aliphatic rings. The number of carboxylic acid groups (broad SMARTS) is 1. The molecule has 29 heavy (non-hydrogen) atoms. The monoisotopic (exact) mass is 394 g/mol. The predicted octanol–water partition coefficient (Wildman–Crippen LogP) is 3.24. The third-order valence-electron chi connectivity index (χ3n) is 5.81. The van der Waals surface area contributed by atoms with Crippen LogP contribution in [0.1, 0.15) is 45.0 Å². The third kappa shape index (κ3) is 4.43. The Labute approximate surface area is 170 Å². The predicted molar refractivity (Wildman–Crippen MR) is 111 cm³/mol. The zero-order chi connectivity index (χ0) is 20.2. The molecule has 1 atom stereocenters. The molecule has 1 N–H and O–H groups in total. The highest BCUT2D eigenvalue weighted by atomic mass is 16.5. The van der Waals surface area contributed by atoms with Crippen molar-refractivity contribution in [3.05, 3.63) is 65.2 Å². The number of rotatable bonds is 4. The number of aromatic carboxylic acids is 1. The number of anilines is 1. The highest BCUT2D eigenvalue weighted by Gasteiger charge is 2.26. The van der Waals surface area contributed by atoms with E-state index < -0.39 is 5.97 Å². The van der Waals surface area contributed by atoms with Crippen molar-refractivity contribution >= 4 is 17.6 Å². The van der Waals surface area contributed by atoms with E-state index >= 15 is 0 Å².